The van der Waals surface area contributed by atoms with E-state index in [2.05, 4.69) is 44.5 Å². The van der Waals surface area contributed by atoms with E-state index in [-0.39, 0.29) is 18.0 Å². The van der Waals surface area contributed by atoms with E-state index < -0.39 is 4.32 Å². The van der Waals surface area contributed by atoms with Crippen LogP contribution >= 0.6 is 31.9 Å². The van der Waals surface area contributed by atoms with Gasteiger partial charge in [0.2, 0.25) is 0 Å². The Bertz CT molecular complexity index is 594. The molecule has 1 aliphatic carbocycles. The first-order valence-electron chi connectivity index (χ1n) is 6.06. The van der Waals surface area contributed by atoms with Gasteiger partial charge in [-0.25, -0.2) is 0 Å². The maximum absolute atomic E-state index is 12.1. The van der Waals surface area contributed by atoms with Crippen molar-refractivity contribution in [3.63, 3.8) is 0 Å². The first-order valence-corrected chi connectivity index (χ1v) is 7.64. The van der Waals surface area contributed by atoms with Crippen molar-refractivity contribution < 1.29 is 9.53 Å². The van der Waals surface area contributed by atoms with E-state index in [1.807, 2.05) is 30.4 Å². The Hall–Kier alpha value is -0.870. The van der Waals surface area contributed by atoms with Gasteiger partial charge in [0, 0.05) is 10.4 Å². The Kier molecular flexibility index (Phi) is 3.18. The minimum Gasteiger partial charge on any atom is -0.456 e. The SMILES string of the molecule is C=Cc1ccccc1[C@H]1C[C@@H]2OC(=O)[C@@]1(Br)C=C2Br. The zero-order valence-electron chi connectivity index (χ0n) is 10.1. The lowest BCUT2D eigenvalue weighted by molar-refractivity contribution is -0.155. The van der Waals surface area contributed by atoms with Crippen LogP contribution in [0.3, 0.4) is 0 Å². The quantitative estimate of drug-likeness (QED) is 0.566. The van der Waals surface area contributed by atoms with Gasteiger partial charge in [0.25, 0.3) is 0 Å². The molecule has 98 valence electrons. The number of hydrogen-bond donors (Lipinski definition) is 0. The normalized spacial score (nSPS) is 32.7. The molecular weight excluding hydrogens is 372 g/mol. The van der Waals surface area contributed by atoms with E-state index in [9.17, 15) is 4.79 Å². The summed E-state index contributed by atoms with van der Waals surface area (Å²) in [4.78, 5) is 12.1. The van der Waals surface area contributed by atoms with Gasteiger partial charge in [0.05, 0.1) is 0 Å². The van der Waals surface area contributed by atoms with Gasteiger partial charge in [-0.15, -0.1) is 0 Å². The third-order valence-electron chi connectivity index (χ3n) is 3.77. The number of carbonyl (C=O) groups is 1. The largest absolute Gasteiger partial charge is 0.456 e. The van der Waals surface area contributed by atoms with E-state index in [1.165, 1.54) is 0 Å². The number of halogens is 2. The van der Waals surface area contributed by atoms with Gasteiger partial charge in [0.15, 0.2) is 0 Å². The van der Waals surface area contributed by atoms with Gasteiger partial charge in [-0.1, -0.05) is 68.8 Å². The Morgan fingerprint density at radius 3 is 2.89 bits per heavy atom. The fourth-order valence-electron chi connectivity index (χ4n) is 2.78. The van der Waals surface area contributed by atoms with E-state index >= 15 is 0 Å². The molecule has 0 N–H and O–H groups in total. The van der Waals surface area contributed by atoms with Crippen LogP contribution in [-0.4, -0.2) is 16.4 Å². The second kappa shape index (κ2) is 4.60. The first-order chi connectivity index (χ1) is 9.06. The molecule has 2 bridgehead atoms. The minimum atomic E-state index is -0.778. The maximum atomic E-state index is 12.1. The standard InChI is InChI=1S/C15H12Br2O2/c1-2-9-5-3-4-6-10(9)11-7-13-12(16)8-15(11,17)14(18)19-13/h2-6,8,11,13H,1,7H2/t11-,13+,15-/m1/s1. The summed E-state index contributed by atoms with van der Waals surface area (Å²) in [6.45, 7) is 3.85. The molecule has 3 aliphatic rings. The van der Waals surface area contributed by atoms with Crippen LogP contribution in [0.2, 0.25) is 0 Å². The van der Waals surface area contributed by atoms with Gasteiger partial charge in [-0.05, 0) is 23.6 Å². The summed E-state index contributed by atoms with van der Waals surface area (Å²) in [6.07, 6.45) is 4.36. The average Bonchev–Trinajstić information content (AvgIpc) is 2.40. The molecule has 3 atom stereocenters. The van der Waals surface area contributed by atoms with E-state index in [0.717, 1.165) is 22.0 Å². The second-order valence-electron chi connectivity index (χ2n) is 4.81. The summed E-state index contributed by atoms with van der Waals surface area (Å²) < 4.78 is 5.56. The molecule has 1 saturated heterocycles. The molecule has 2 aliphatic heterocycles. The zero-order chi connectivity index (χ0) is 13.6. The summed E-state index contributed by atoms with van der Waals surface area (Å²) in [5.74, 6) is -0.148. The molecule has 1 fully saturated rings. The third kappa shape index (κ3) is 1.93. The predicted molar refractivity (Wildman–Crippen MR) is 82.4 cm³/mol. The lowest BCUT2D eigenvalue weighted by atomic mass is 9.74. The molecule has 2 nitrogen and oxygen atoms in total. The van der Waals surface area contributed by atoms with Crippen LogP contribution in [0.15, 0.2) is 41.4 Å². The molecule has 4 rings (SSSR count). The highest BCUT2D eigenvalue weighted by Crippen LogP contribution is 2.52. The van der Waals surface area contributed by atoms with Crippen molar-refractivity contribution in [1.29, 1.82) is 0 Å². The van der Waals surface area contributed by atoms with E-state index in [4.69, 9.17) is 4.74 Å². The monoisotopic (exact) mass is 382 g/mol. The minimum absolute atomic E-state index is 0.0641. The maximum Gasteiger partial charge on any atom is 0.328 e. The topological polar surface area (TPSA) is 26.3 Å². The molecule has 4 heteroatoms. The van der Waals surface area contributed by atoms with Crippen LogP contribution in [-0.2, 0) is 9.53 Å². The molecule has 0 radical (unpaired) electrons. The smallest absolute Gasteiger partial charge is 0.328 e. The van der Waals surface area contributed by atoms with Crippen molar-refractivity contribution in [2.24, 2.45) is 0 Å². The van der Waals surface area contributed by atoms with Crippen molar-refractivity contribution in [3.05, 3.63) is 52.5 Å². The summed E-state index contributed by atoms with van der Waals surface area (Å²) in [6, 6.07) is 8.04. The molecule has 0 amide bonds. The van der Waals surface area contributed by atoms with Crippen molar-refractivity contribution >= 4 is 43.9 Å². The molecule has 0 unspecified atom stereocenters. The molecule has 0 saturated carbocycles. The molecule has 19 heavy (non-hydrogen) atoms. The number of alkyl halides is 1. The van der Waals surface area contributed by atoms with E-state index in [1.54, 1.807) is 0 Å². The third-order valence-corrected chi connectivity index (χ3v) is 5.61. The molecule has 2 heterocycles. The number of carbonyl (C=O) groups excluding carboxylic acids is 1. The van der Waals surface area contributed by atoms with Gasteiger partial charge >= 0.3 is 5.97 Å². The Morgan fingerprint density at radius 1 is 1.42 bits per heavy atom. The van der Waals surface area contributed by atoms with Gasteiger partial charge < -0.3 is 4.74 Å². The van der Waals surface area contributed by atoms with Crippen molar-refractivity contribution in [2.75, 3.05) is 0 Å². The van der Waals surface area contributed by atoms with Crippen LogP contribution < -0.4 is 0 Å². The molecule has 0 aromatic heterocycles. The average molecular weight is 384 g/mol. The highest BCUT2D eigenvalue weighted by atomic mass is 79.9. The van der Waals surface area contributed by atoms with Crippen LogP contribution in [0.25, 0.3) is 6.08 Å². The van der Waals surface area contributed by atoms with Crippen molar-refractivity contribution in [3.8, 4) is 0 Å². The summed E-state index contributed by atoms with van der Waals surface area (Å²) in [5, 5.41) is 0. The van der Waals surface area contributed by atoms with Gasteiger partial charge in [-0.2, -0.15) is 0 Å². The van der Waals surface area contributed by atoms with Crippen LogP contribution in [0.1, 0.15) is 23.5 Å². The summed E-state index contributed by atoms with van der Waals surface area (Å²) in [5.41, 5.74) is 2.20. The van der Waals surface area contributed by atoms with Crippen LogP contribution in [0.5, 0.6) is 0 Å². The van der Waals surface area contributed by atoms with Crippen LogP contribution in [0.4, 0.5) is 0 Å². The molecule has 1 aromatic rings. The predicted octanol–water partition coefficient (Wildman–Crippen LogP) is 4.15. The fraction of sp³-hybridized carbons (Fsp3) is 0.267. The molecular formula is C15H12Br2O2. The van der Waals surface area contributed by atoms with Gasteiger partial charge in [-0.3, -0.25) is 4.79 Å². The fourth-order valence-corrected chi connectivity index (χ4v) is 4.51. The van der Waals surface area contributed by atoms with Crippen LogP contribution in [0, 0.1) is 0 Å². The highest BCUT2D eigenvalue weighted by Gasteiger charge is 2.54. The molecule has 1 aromatic carbocycles. The zero-order valence-corrected chi connectivity index (χ0v) is 13.3. The lowest BCUT2D eigenvalue weighted by Gasteiger charge is -2.44. The first kappa shape index (κ1) is 13.1. The molecule has 0 spiro atoms. The number of fused-ring (bicyclic) bond motifs is 2. The van der Waals surface area contributed by atoms with Crippen molar-refractivity contribution in [2.45, 2.75) is 22.8 Å². The highest BCUT2D eigenvalue weighted by molar-refractivity contribution is 9.12. The number of hydrogen-bond acceptors (Lipinski definition) is 2. The number of esters is 1. The summed E-state index contributed by atoms with van der Waals surface area (Å²) in [7, 11) is 0. The lowest BCUT2D eigenvalue weighted by Crippen LogP contribution is -2.51. The van der Waals surface area contributed by atoms with Gasteiger partial charge in [0.1, 0.15) is 10.4 Å². The Balaban J connectivity index is 2.13. The number of rotatable bonds is 2. The Morgan fingerprint density at radius 2 is 2.16 bits per heavy atom. The number of benzene rings is 1. The second-order valence-corrected chi connectivity index (χ2v) is 7.04. The Labute approximate surface area is 128 Å². The van der Waals surface area contributed by atoms with E-state index in [0.29, 0.717) is 0 Å². The summed E-state index contributed by atoms with van der Waals surface area (Å²) >= 11 is 7.07. The van der Waals surface area contributed by atoms with Crippen molar-refractivity contribution in [1.82, 2.24) is 0 Å². The number of ether oxygens (including phenoxy) is 1.